The molecule has 0 fully saturated rings. The second-order valence-corrected chi connectivity index (χ2v) is 16.5. The van der Waals surface area contributed by atoms with Crippen LogP contribution in [0, 0.1) is 0 Å². The fourth-order valence-electron chi connectivity index (χ4n) is 10.1. The maximum atomic E-state index is 6.94. The molecule has 13 rings (SSSR count). The quantitative estimate of drug-likeness (QED) is 0.162. The lowest BCUT2D eigenvalue weighted by Gasteiger charge is -2.39. The van der Waals surface area contributed by atoms with E-state index < -0.39 is 5.41 Å². The standard InChI is InChI=1S/C59H36N4O/c1-3-16-38(17-4-1)56-61-57(39-18-5-2-6-19-39)63-58(62-56)40-32-30-37(31-33-40)41-20-15-21-42(34-41)55-47-35-51-54(36-46(47)45-24-9-13-28-52(45)60-55)64-53-29-14-12-27-50(53)59(51)48-25-10-7-22-43(48)44-23-8-11-26-49(44)59/h1-36H. The zero-order valence-corrected chi connectivity index (χ0v) is 34.5. The van der Waals surface area contributed by atoms with E-state index in [0.717, 1.165) is 83.4 Å². The van der Waals surface area contributed by atoms with Crippen molar-refractivity contribution >= 4 is 21.7 Å². The third-order valence-electron chi connectivity index (χ3n) is 13.0. The van der Waals surface area contributed by atoms with Gasteiger partial charge in [0, 0.05) is 44.2 Å². The van der Waals surface area contributed by atoms with Crippen LogP contribution in [0.3, 0.4) is 0 Å². The topological polar surface area (TPSA) is 60.8 Å². The Hall–Kier alpha value is -8.54. The van der Waals surface area contributed by atoms with E-state index in [1.807, 2.05) is 60.7 Å². The Morgan fingerprint density at radius 1 is 0.297 bits per heavy atom. The Balaban J connectivity index is 0.964. The Labute approximate surface area is 370 Å². The largest absolute Gasteiger partial charge is 0.457 e. The fraction of sp³-hybridized carbons (Fsp3) is 0.0169. The molecule has 5 nitrogen and oxygen atoms in total. The molecule has 0 N–H and O–H groups in total. The Morgan fingerprint density at radius 3 is 1.48 bits per heavy atom. The molecule has 2 aromatic heterocycles. The number of aromatic nitrogens is 4. The minimum atomic E-state index is -0.583. The summed E-state index contributed by atoms with van der Waals surface area (Å²) in [5.41, 5.74) is 14.6. The predicted octanol–water partition coefficient (Wildman–Crippen LogP) is 14.4. The van der Waals surface area contributed by atoms with Crippen molar-refractivity contribution in [1.29, 1.82) is 0 Å². The van der Waals surface area contributed by atoms with Crippen LogP contribution in [0.25, 0.3) is 89.4 Å². The van der Waals surface area contributed by atoms with Gasteiger partial charge in [-0.05, 0) is 69.1 Å². The van der Waals surface area contributed by atoms with Crippen LogP contribution >= 0.6 is 0 Å². The average molecular weight is 817 g/mol. The second kappa shape index (κ2) is 14.3. The minimum Gasteiger partial charge on any atom is -0.457 e. The maximum Gasteiger partial charge on any atom is 0.164 e. The van der Waals surface area contributed by atoms with Gasteiger partial charge in [0.15, 0.2) is 17.5 Å². The first kappa shape index (κ1) is 36.1. The van der Waals surface area contributed by atoms with E-state index in [4.69, 9.17) is 24.7 Å². The lowest BCUT2D eigenvalue weighted by molar-refractivity contribution is 0.437. The monoisotopic (exact) mass is 816 g/mol. The van der Waals surface area contributed by atoms with Crippen LogP contribution in [-0.4, -0.2) is 19.9 Å². The first-order valence-electron chi connectivity index (χ1n) is 21.6. The molecule has 11 aromatic rings. The molecule has 5 heteroatoms. The zero-order valence-electron chi connectivity index (χ0n) is 34.5. The van der Waals surface area contributed by atoms with Gasteiger partial charge in [0.2, 0.25) is 0 Å². The molecule has 0 unspecified atom stereocenters. The molecule has 298 valence electrons. The summed E-state index contributed by atoms with van der Waals surface area (Å²) in [5.74, 6) is 3.64. The summed E-state index contributed by atoms with van der Waals surface area (Å²) in [6.45, 7) is 0. The van der Waals surface area contributed by atoms with Crippen LogP contribution in [0.1, 0.15) is 22.3 Å². The van der Waals surface area contributed by atoms with Crippen molar-refractivity contribution in [2.24, 2.45) is 0 Å². The van der Waals surface area contributed by atoms with E-state index in [9.17, 15) is 0 Å². The minimum absolute atomic E-state index is 0.583. The van der Waals surface area contributed by atoms with Gasteiger partial charge < -0.3 is 4.74 Å². The first-order valence-corrected chi connectivity index (χ1v) is 21.6. The van der Waals surface area contributed by atoms with Crippen LogP contribution in [0.15, 0.2) is 218 Å². The summed E-state index contributed by atoms with van der Waals surface area (Å²) in [6, 6.07) is 76.7. The van der Waals surface area contributed by atoms with E-state index >= 15 is 0 Å². The third-order valence-corrected chi connectivity index (χ3v) is 13.0. The van der Waals surface area contributed by atoms with Crippen molar-refractivity contribution in [3.8, 4) is 79.2 Å². The Morgan fingerprint density at radius 2 is 0.812 bits per heavy atom. The molecule has 0 atom stereocenters. The smallest absolute Gasteiger partial charge is 0.164 e. The normalized spacial score (nSPS) is 12.9. The molecule has 64 heavy (non-hydrogen) atoms. The highest BCUT2D eigenvalue weighted by molar-refractivity contribution is 6.12. The molecule has 0 amide bonds. The number of nitrogens with zero attached hydrogens (tertiary/aromatic N) is 4. The molecule has 0 bridgehead atoms. The van der Waals surface area contributed by atoms with Crippen LogP contribution in [0.4, 0.5) is 0 Å². The molecular formula is C59H36N4O. The number of rotatable bonds is 5. The van der Waals surface area contributed by atoms with Gasteiger partial charge >= 0.3 is 0 Å². The molecule has 1 aliphatic carbocycles. The Bertz CT molecular complexity index is 3540. The van der Waals surface area contributed by atoms with E-state index in [0.29, 0.717) is 17.5 Å². The molecule has 0 saturated carbocycles. The third kappa shape index (κ3) is 5.51. The zero-order chi connectivity index (χ0) is 42.2. The van der Waals surface area contributed by atoms with Gasteiger partial charge in [0.25, 0.3) is 0 Å². The van der Waals surface area contributed by atoms with Gasteiger partial charge in [-0.3, -0.25) is 0 Å². The fourth-order valence-corrected chi connectivity index (χ4v) is 10.1. The Kier molecular flexibility index (Phi) is 8.06. The van der Waals surface area contributed by atoms with Crippen molar-refractivity contribution in [1.82, 2.24) is 19.9 Å². The first-order chi connectivity index (χ1) is 31.7. The molecule has 2 aliphatic rings. The van der Waals surface area contributed by atoms with Gasteiger partial charge in [0.1, 0.15) is 11.5 Å². The van der Waals surface area contributed by atoms with Gasteiger partial charge in [-0.2, -0.15) is 0 Å². The molecule has 3 heterocycles. The van der Waals surface area contributed by atoms with E-state index in [1.54, 1.807) is 0 Å². The van der Waals surface area contributed by atoms with E-state index in [2.05, 4.69) is 158 Å². The number of benzene rings is 9. The van der Waals surface area contributed by atoms with Gasteiger partial charge in [-0.15, -0.1) is 0 Å². The number of hydrogen-bond donors (Lipinski definition) is 0. The van der Waals surface area contributed by atoms with Crippen LogP contribution in [0.5, 0.6) is 11.5 Å². The highest BCUT2D eigenvalue weighted by Gasteiger charge is 2.51. The summed E-state index contributed by atoms with van der Waals surface area (Å²) in [6.07, 6.45) is 0. The summed E-state index contributed by atoms with van der Waals surface area (Å²) < 4.78 is 6.94. The van der Waals surface area contributed by atoms with Gasteiger partial charge in [-0.25, -0.2) is 19.9 Å². The number of ether oxygens (including phenoxy) is 1. The molecule has 1 aliphatic heterocycles. The number of pyridine rings is 1. The molecule has 1 spiro atoms. The summed E-state index contributed by atoms with van der Waals surface area (Å²) >= 11 is 0. The van der Waals surface area contributed by atoms with E-state index in [1.165, 1.54) is 22.3 Å². The summed E-state index contributed by atoms with van der Waals surface area (Å²) in [4.78, 5) is 20.3. The van der Waals surface area contributed by atoms with Crippen molar-refractivity contribution in [3.05, 3.63) is 241 Å². The number of fused-ring (bicyclic) bond motifs is 12. The molecule has 0 radical (unpaired) electrons. The van der Waals surface area contributed by atoms with Crippen molar-refractivity contribution < 1.29 is 4.74 Å². The summed E-state index contributed by atoms with van der Waals surface area (Å²) in [5, 5.41) is 3.27. The maximum absolute atomic E-state index is 6.94. The van der Waals surface area contributed by atoms with Gasteiger partial charge in [-0.1, -0.05) is 188 Å². The highest BCUT2D eigenvalue weighted by Crippen LogP contribution is 2.62. The van der Waals surface area contributed by atoms with Crippen molar-refractivity contribution in [2.75, 3.05) is 0 Å². The summed E-state index contributed by atoms with van der Waals surface area (Å²) in [7, 11) is 0. The average Bonchev–Trinajstić information content (AvgIpc) is 3.66. The van der Waals surface area contributed by atoms with Crippen LogP contribution < -0.4 is 4.74 Å². The predicted molar refractivity (Wildman–Crippen MR) is 257 cm³/mol. The second-order valence-electron chi connectivity index (χ2n) is 16.5. The SMILES string of the molecule is c1ccc(-c2nc(-c3ccccc3)nc(-c3ccc(-c4cccc(-c5nc6ccccc6c6cc7c(cc56)C5(c6ccccc6O7)c6ccccc6-c6ccccc65)c4)cc3)n2)cc1. The lowest BCUT2D eigenvalue weighted by Crippen LogP contribution is -2.32. The number of hydrogen-bond acceptors (Lipinski definition) is 5. The van der Waals surface area contributed by atoms with Crippen LogP contribution in [0.2, 0.25) is 0 Å². The van der Waals surface area contributed by atoms with Gasteiger partial charge in [0.05, 0.1) is 16.6 Å². The lowest BCUT2D eigenvalue weighted by atomic mass is 9.65. The molecule has 0 saturated heterocycles. The highest BCUT2D eigenvalue weighted by atomic mass is 16.5. The number of para-hydroxylation sites is 2. The van der Waals surface area contributed by atoms with Crippen molar-refractivity contribution in [3.63, 3.8) is 0 Å². The van der Waals surface area contributed by atoms with E-state index in [-0.39, 0.29) is 0 Å². The van der Waals surface area contributed by atoms with Crippen LogP contribution in [-0.2, 0) is 5.41 Å². The molecule has 9 aromatic carbocycles. The molecular weight excluding hydrogens is 781 g/mol. The van der Waals surface area contributed by atoms with Crippen molar-refractivity contribution in [2.45, 2.75) is 5.41 Å².